The van der Waals surface area contributed by atoms with Crippen LogP contribution in [-0.2, 0) is 0 Å². The zero-order chi connectivity index (χ0) is 23.5. The number of hydrogen-bond donors (Lipinski definition) is 0. The van der Waals surface area contributed by atoms with Gasteiger partial charge in [0.15, 0.2) is 5.76 Å². The third-order valence-electron chi connectivity index (χ3n) is 4.82. The first-order valence-electron chi connectivity index (χ1n) is 9.81. The van der Waals surface area contributed by atoms with Gasteiger partial charge >= 0.3 is 0 Å². The molecular weight excluding hydrogens is 434 g/mol. The van der Waals surface area contributed by atoms with Crippen LogP contribution in [0.25, 0.3) is 54.2 Å². The molecule has 7 nitrogen and oxygen atoms in total. The molecule has 4 aromatic rings. The summed E-state index contributed by atoms with van der Waals surface area (Å²) in [4.78, 5) is 7.25. The lowest BCUT2D eigenvalue weighted by atomic mass is 10.3. The molecule has 0 aliphatic carbocycles. The third-order valence-corrected chi connectivity index (χ3v) is 5.91. The van der Waals surface area contributed by atoms with Crippen LogP contribution in [-0.4, -0.2) is 4.57 Å². The summed E-state index contributed by atoms with van der Waals surface area (Å²) in [6.07, 6.45) is 2.85. The second kappa shape index (κ2) is 8.77. The van der Waals surface area contributed by atoms with Crippen molar-refractivity contribution in [2.75, 3.05) is 0 Å². The number of furan rings is 2. The van der Waals surface area contributed by atoms with Crippen LogP contribution in [0.15, 0.2) is 56.6 Å². The van der Waals surface area contributed by atoms with Crippen LogP contribution in [0.4, 0.5) is 0 Å². The molecule has 0 saturated carbocycles. The fourth-order valence-electron chi connectivity index (χ4n) is 3.46. The second-order valence-corrected chi connectivity index (χ2v) is 8.35. The molecule has 4 aromatic heterocycles. The van der Waals surface area contributed by atoms with E-state index in [0.29, 0.717) is 23.0 Å². The van der Waals surface area contributed by atoms with Crippen molar-refractivity contribution >= 4 is 33.7 Å². The normalized spacial score (nSPS) is 11.8. The van der Waals surface area contributed by atoms with Crippen LogP contribution in [0.1, 0.15) is 31.4 Å². The standard InChI is InChI=1S/C25H15N5O2S/c1-15(2)30-20(22-7-5-18(31-22)9-16(13-26)28-3)11-24-21(30)12-25(33-24)23-8-6-19(32-23)10-17(14-27)29-4/h5-12,15H,1-2H3/b16-9-,17-10+. The van der Waals surface area contributed by atoms with Crippen LogP contribution >= 0.6 is 11.3 Å². The van der Waals surface area contributed by atoms with Gasteiger partial charge in [-0.15, -0.1) is 11.3 Å². The predicted octanol–water partition coefficient (Wildman–Crippen LogP) is 7.37. The largest absolute Gasteiger partial charge is 0.457 e. The van der Waals surface area contributed by atoms with Gasteiger partial charge in [0.1, 0.15) is 17.3 Å². The zero-order valence-electron chi connectivity index (χ0n) is 17.7. The highest BCUT2D eigenvalue weighted by Gasteiger charge is 2.19. The van der Waals surface area contributed by atoms with E-state index >= 15 is 0 Å². The van der Waals surface area contributed by atoms with Gasteiger partial charge in [-0.25, -0.2) is 20.2 Å². The lowest BCUT2D eigenvalue weighted by Gasteiger charge is -2.12. The molecule has 0 amide bonds. The van der Waals surface area contributed by atoms with Gasteiger partial charge in [-0.05, 0) is 62.4 Å². The Morgan fingerprint density at radius 1 is 0.970 bits per heavy atom. The number of nitriles is 2. The van der Waals surface area contributed by atoms with Gasteiger partial charge in [0.05, 0.1) is 46.1 Å². The van der Waals surface area contributed by atoms with Crippen LogP contribution < -0.4 is 0 Å². The third kappa shape index (κ3) is 4.08. The molecule has 0 aliphatic heterocycles. The Labute approximate surface area is 194 Å². The molecule has 0 atom stereocenters. The summed E-state index contributed by atoms with van der Waals surface area (Å²) in [5.74, 6) is 2.21. The number of nitrogens with zero attached hydrogens (tertiary/aromatic N) is 5. The van der Waals surface area contributed by atoms with E-state index in [1.165, 1.54) is 12.2 Å². The average molecular weight is 449 g/mol. The Kier molecular flexibility index (Phi) is 5.71. The molecule has 0 saturated heterocycles. The molecular formula is C25H15N5O2S. The van der Waals surface area contributed by atoms with E-state index in [9.17, 15) is 0 Å². The van der Waals surface area contributed by atoms with E-state index in [2.05, 4.69) is 28.1 Å². The lowest BCUT2D eigenvalue weighted by Crippen LogP contribution is -2.01. The Balaban J connectivity index is 1.74. The highest BCUT2D eigenvalue weighted by molar-refractivity contribution is 7.22. The zero-order valence-corrected chi connectivity index (χ0v) is 18.5. The SMILES string of the molecule is [C-]#[N+]/C(C#N)=C\c1ccc(-c2cc3sc(-c4ccc(/C=C(\C#N)[N+]#[C-])o4)cc3n2C(C)C)o1. The van der Waals surface area contributed by atoms with E-state index in [1.54, 1.807) is 23.5 Å². The van der Waals surface area contributed by atoms with Crippen LogP contribution in [0.5, 0.6) is 0 Å². The monoisotopic (exact) mass is 449 g/mol. The van der Waals surface area contributed by atoms with Crippen molar-refractivity contribution in [3.05, 3.63) is 82.1 Å². The van der Waals surface area contributed by atoms with Gasteiger partial charge < -0.3 is 13.4 Å². The molecule has 4 rings (SSSR count). The van der Waals surface area contributed by atoms with Crippen molar-refractivity contribution < 1.29 is 8.83 Å². The van der Waals surface area contributed by atoms with Crippen molar-refractivity contribution in [1.82, 2.24) is 4.57 Å². The minimum atomic E-state index is -0.0354. The molecule has 0 N–H and O–H groups in total. The molecule has 0 fully saturated rings. The summed E-state index contributed by atoms with van der Waals surface area (Å²) in [6.45, 7) is 18.2. The molecule has 8 heteroatoms. The van der Waals surface area contributed by atoms with Crippen LogP contribution in [0.2, 0.25) is 0 Å². The van der Waals surface area contributed by atoms with Crippen molar-refractivity contribution in [2.24, 2.45) is 0 Å². The predicted molar refractivity (Wildman–Crippen MR) is 126 cm³/mol. The smallest absolute Gasteiger partial charge is 0.265 e. The highest BCUT2D eigenvalue weighted by atomic mass is 32.1. The fraction of sp³-hybridized carbons (Fsp3) is 0.120. The molecule has 4 heterocycles. The number of aromatic nitrogens is 1. The van der Waals surface area contributed by atoms with Gasteiger partial charge in [-0.3, -0.25) is 0 Å². The van der Waals surface area contributed by atoms with Gasteiger partial charge in [0.2, 0.25) is 0 Å². The van der Waals surface area contributed by atoms with E-state index < -0.39 is 0 Å². The minimum absolute atomic E-state index is 0.0333. The summed E-state index contributed by atoms with van der Waals surface area (Å²) in [7, 11) is 0. The van der Waals surface area contributed by atoms with Crippen LogP contribution in [0, 0.1) is 35.8 Å². The Hall–Kier alpha value is -4.76. The maximum absolute atomic E-state index is 8.97. The van der Waals surface area contributed by atoms with Crippen molar-refractivity contribution in [3.8, 4) is 34.2 Å². The molecule has 0 unspecified atom stereocenters. The first-order chi connectivity index (χ1) is 16.0. The van der Waals surface area contributed by atoms with E-state index in [-0.39, 0.29) is 17.4 Å². The Bertz CT molecular complexity index is 1560. The quantitative estimate of drug-likeness (QED) is 0.235. The molecule has 0 spiro atoms. The van der Waals surface area contributed by atoms with E-state index in [4.69, 9.17) is 32.5 Å². The summed E-state index contributed by atoms with van der Waals surface area (Å²) in [5.41, 5.74) is 1.86. The fourth-order valence-corrected chi connectivity index (χ4v) is 4.51. The maximum atomic E-state index is 8.97. The molecule has 33 heavy (non-hydrogen) atoms. The van der Waals surface area contributed by atoms with Gasteiger partial charge in [-0.1, -0.05) is 0 Å². The Morgan fingerprint density at radius 2 is 1.55 bits per heavy atom. The number of allylic oxidation sites excluding steroid dienone is 2. The number of rotatable bonds is 5. The van der Waals surface area contributed by atoms with E-state index in [1.807, 2.05) is 36.4 Å². The molecule has 0 aromatic carbocycles. The molecule has 0 aliphatic rings. The van der Waals surface area contributed by atoms with Crippen LogP contribution in [0.3, 0.4) is 0 Å². The first-order valence-corrected chi connectivity index (χ1v) is 10.6. The molecule has 158 valence electrons. The highest BCUT2D eigenvalue weighted by Crippen LogP contribution is 2.41. The topological polar surface area (TPSA) is 87.5 Å². The second-order valence-electron chi connectivity index (χ2n) is 7.26. The van der Waals surface area contributed by atoms with Gasteiger partial charge in [0.25, 0.3) is 11.4 Å². The summed E-state index contributed by atoms with van der Waals surface area (Å²) in [6, 6.07) is 15.0. The summed E-state index contributed by atoms with van der Waals surface area (Å²) in [5, 5.41) is 17.9. The molecule has 0 radical (unpaired) electrons. The van der Waals surface area contributed by atoms with E-state index in [0.717, 1.165) is 20.8 Å². The minimum Gasteiger partial charge on any atom is -0.457 e. The maximum Gasteiger partial charge on any atom is 0.265 e. The van der Waals surface area contributed by atoms with Gasteiger partial charge in [0, 0.05) is 6.04 Å². The molecule has 0 bridgehead atoms. The lowest BCUT2D eigenvalue weighted by molar-refractivity contribution is 0.553. The Morgan fingerprint density at radius 3 is 2.09 bits per heavy atom. The average Bonchev–Trinajstić information content (AvgIpc) is 3.58. The van der Waals surface area contributed by atoms with Crippen molar-refractivity contribution in [2.45, 2.75) is 19.9 Å². The number of thiophene rings is 1. The van der Waals surface area contributed by atoms with Crippen molar-refractivity contribution in [1.29, 1.82) is 10.5 Å². The summed E-state index contributed by atoms with van der Waals surface area (Å²) < 4.78 is 15.0. The first kappa shape index (κ1) is 21.5. The summed E-state index contributed by atoms with van der Waals surface area (Å²) >= 11 is 1.57. The van der Waals surface area contributed by atoms with Crippen molar-refractivity contribution in [3.63, 3.8) is 0 Å². The number of hydrogen-bond acceptors (Lipinski definition) is 5. The number of fused-ring (bicyclic) bond motifs is 1. The van der Waals surface area contributed by atoms with Gasteiger partial charge in [-0.2, -0.15) is 0 Å².